The predicted octanol–water partition coefficient (Wildman–Crippen LogP) is 1.87. The Bertz CT molecular complexity index is 97.4. The molecule has 1 aliphatic carbocycles. The average molecular weight is 159 g/mol. The van der Waals surface area contributed by atoms with Crippen LogP contribution in [0.4, 0.5) is 0 Å². The maximum absolute atomic E-state index is 5.74. The van der Waals surface area contributed by atoms with Crippen LogP contribution in [0.1, 0.15) is 25.7 Å². The van der Waals surface area contributed by atoms with E-state index in [-0.39, 0.29) is 0 Å². The van der Waals surface area contributed by atoms with Crippen molar-refractivity contribution in [3.63, 3.8) is 0 Å². The van der Waals surface area contributed by atoms with Gasteiger partial charge in [0.25, 0.3) is 0 Å². The summed E-state index contributed by atoms with van der Waals surface area (Å²) >= 11 is 1.94. The van der Waals surface area contributed by atoms with Crippen LogP contribution in [0.5, 0.6) is 0 Å². The molecule has 0 bridgehead atoms. The molecule has 0 radical (unpaired) electrons. The van der Waals surface area contributed by atoms with Crippen molar-refractivity contribution in [1.82, 2.24) is 0 Å². The molecule has 2 heteroatoms. The van der Waals surface area contributed by atoms with Crippen molar-refractivity contribution in [3.8, 4) is 0 Å². The van der Waals surface area contributed by atoms with E-state index in [0.717, 1.165) is 6.54 Å². The van der Waals surface area contributed by atoms with E-state index in [1.54, 1.807) is 0 Å². The Kier molecular flexibility index (Phi) is 3.05. The first-order chi connectivity index (χ1) is 4.83. The van der Waals surface area contributed by atoms with Crippen LogP contribution >= 0.6 is 11.8 Å². The van der Waals surface area contributed by atoms with Gasteiger partial charge in [-0.25, -0.2) is 0 Å². The van der Waals surface area contributed by atoms with Crippen LogP contribution in [0, 0.1) is 5.41 Å². The molecule has 1 fully saturated rings. The summed E-state index contributed by atoms with van der Waals surface area (Å²) in [5.41, 5.74) is 6.27. The van der Waals surface area contributed by atoms with Crippen molar-refractivity contribution in [1.29, 1.82) is 0 Å². The van der Waals surface area contributed by atoms with Crippen LogP contribution in [0.2, 0.25) is 0 Å². The zero-order valence-corrected chi connectivity index (χ0v) is 7.54. The van der Waals surface area contributed by atoms with Crippen molar-refractivity contribution in [2.45, 2.75) is 25.7 Å². The van der Waals surface area contributed by atoms with Gasteiger partial charge in [-0.05, 0) is 36.8 Å². The lowest BCUT2D eigenvalue weighted by atomic mass is 9.89. The molecule has 0 unspecified atom stereocenters. The summed E-state index contributed by atoms with van der Waals surface area (Å²) in [6.45, 7) is 0.897. The first-order valence-corrected chi connectivity index (χ1v) is 5.41. The molecule has 1 rings (SSSR count). The molecular formula is C8H17NS. The molecule has 0 aromatic rings. The fourth-order valence-electron chi connectivity index (χ4n) is 1.84. The first-order valence-electron chi connectivity index (χ1n) is 4.02. The molecule has 60 valence electrons. The number of hydrogen-bond acceptors (Lipinski definition) is 2. The summed E-state index contributed by atoms with van der Waals surface area (Å²) in [5, 5.41) is 0. The van der Waals surface area contributed by atoms with Crippen LogP contribution in [-0.4, -0.2) is 18.6 Å². The number of hydrogen-bond donors (Lipinski definition) is 1. The van der Waals surface area contributed by atoms with Crippen molar-refractivity contribution >= 4 is 11.8 Å². The molecule has 0 aromatic carbocycles. The Morgan fingerprint density at radius 1 is 1.40 bits per heavy atom. The Labute approximate surface area is 67.8 Å². The maximum Gasteiger partial charge on any atom is -0.000151 e. The lowest BCUT2D eigenvalue weighted by molar-refractivity contribution is 0.360. The summed E-state index contributed by atoms with van der Waals surface area (Å²) in [6.07, 6.45) is 7.71. The smallest absolute Gasteiger partial charge is 0.000151 e. The second-order valence-corrected chi connectivity index (χ2v) is 4.21. The Balaban J connectivity index is 2.41. The largest absolute Gasteiger partial charge is 0.330 e. The molecule has 0 aromatic heterocycles. The topological polar surface area (TPSA) is 26.0 Å². The van der Waals surface area contributed by atoms with Gasteiger partial charge in [-0.2, -0.15) is 11.8 Å². The van der Waals surface area contributed by atoms with Crippen molar-refractivity contribution in [3.05, 3.63) is 0 Å². The van der Waals surface area contributed by atoms with E-state index in [4.69, 9.17) is 5.73 Å². The minimum absolute atomic E-state index is 0.527. The molecule has 0 amide bonds. The lowest BCUT2D eigenvalue weighted by Crippen LogP contribution is -2.29. The Morgan fingerprint density at radius 2 is 2.00 bits per heavy atom. The highest BCUT2D eigenvalue weighted by molar-refractivity contribution is 7.98. The quantitative estimate of drug-likeness (QED) is 0.680. The minimum atomic E-state index is 0.527. The number of rotatable bonds is 3. The van der Waals surface area contributed by atoms with Crippen molar-refractivity contribution in [2.75, 3.05) is 18.6 Å². The highest BCUT2D eigenvalue weighted by Crippen LogP contribution is 2.39. The minimum Gasteiger partial charge on any atom is -0.330 e. The van der Waals surface area contributed by atoms with E-state index in [0.29, 0.717) is 5.41 Å². The SMILES string of the molecule is CSCC1(CN)CCCC1. The Hall–Kier alpha value is 0.310. The van der Waals surface area contributed by atoms with Crippen molar-refractivity contribution in [2.24, 2.45) is 11.1 Å². The third kappa shape index (κ3) is 1.67. The summed E-state index contributed by atoms with van der Waals surface area (Å²) in [6, 6.07) is 0. The van der Waals surface area contributed by atoms with Gasteiger partial charge in [0, 0.05) is 0 Å². The highest BCUT2D eigenvalue weighted by Gasteiger charge is 2.31. The summed E-state index contributed by atoms with van der Waals surface area (Å²) in [7, 11) is 0. The maximum atomic E-state index is 5.74. The molecule has 0 aliphatic heterocycles. The molecule has 0 atom stereocenters. The van der Waals surface area contributed by atoms with Crippen LogP contribution in [0.25, 0.3) is 0 Å². The fraction of sp³-hybridized carbons (Fsp3) is 1.00. The fourth-order valence-corrected chi connectivity index (χ4v) is 2.86. The van der Waals surface area contributed by atoms with Crippen LogP contribution in [0.15, 0.2) is 0 Å². The zero-order chi connectivity index (χ0) is 7.45. The lowest BCUT2D eigenvalue weighted by Gasteiger charge is -2.25. The molecule has 1 aliphatic rings. The molecule has 0 spiro atoms. The molecule has 0 saturated heterocycles. The second-order valence-electron chi connectivity index (χ2n) is 3.34. The third-order valence-electron chi connectivity index (χ3n) is 2.55. The van der Waals surface area contributed by atoms with Gasteiger partial charge in [0.1, 0.15) is 0 Å². The second kappa shape index (κ2) is 3.63. The molecular weight excluding hydrogens is 142 g/mol. The van der Waals surface area contributed by atoms with Gasteiger partial charge in [0.05, 0.1) is 0 Å². The predicted molar refractivity (Wildman–Crippen MR) is 48.3 cm³/mol. The van der Waals surface area contributed by atoms with E-state index >= 15 is 0 Å². The highest BCUT2D eigenvalue weighted by atomic mass is 32.2. The van der Waals surface area contributed by atoms with Crippen molar-refractivity contribution < 1.29 is 0 Å². The van der Waals surface area contributed by atoms with E-state index < -0.39 is 0 Å². The third-order valence-corrected chi connectivity index (χ3v) is 3.45. The molecule has 1 saturated carbocycles. The van der Waals surface area contributed by atoms with E-state index in [1.165, 1.54) is 31.4 Å². The van der Waals surface area contributed by atoms with Gasteiger partial charge in [0.15, 0.2) is 0 Å². The van der Waals surface area contributed by atoms with E-state index in [9.17, 15) is 0 Å². The van der Waals surface area contributed by atoms with Crippen LogP contribution < -0.4 is 5.73 Å². The van der Waals surface area contributed by atoms with Crippen LogP contribution in [0.3, 0.4) is 0 Å². The first kappa shape index (κ1) is 8.41. The number of thioether (sulfide) groups is 1. The Morgan fingerprint density at radius 3 is 2.40 bits per heavy atom. The van der Waals surface area contributed by atoms with E-state index in [1.807, 2.05) is 11.8 Å². The van der Waals surface area contributed by atoms with Gasteiger partial charge in [-0.15, -0.1) is 0 Å². The summed E-state index contributed by atoms with van der Waals surface area (Å²) in [5.74, 6) is 1.27. The standard InChI is InChI=1S/C8H17NS/c1-10-7-8(6-9)4-2-3-5-8/h2-7,9H2,1H3. The molecule has 1 nitrogen and oxygen atoms in total. The monoisotopic (exact) mass is 159 g/mol. The summed E-state index contributed by atoms with van der Waals surface area (Å²) in [4.78, 5) is 0. The molecule has 2 N–H and O–H groups in total. The average Bonchev–Trinajstić information content (AvgIpc) is 2.39. The van der Waals surface area contributed by atoms with Gasteiger partial charge in [-0.3, -0.25) is 0 Å². The van der Waals surface area contributed by atoms with Gasteiger partial charge < -0.3 is 5.73 Å². The van der Waals surface area contributed by atoms with E-state index in [2.05, 4.69) is 6.26 Å². The molecule has 10 heavy (non-hydrogen) atoms. The van der Waals surface area contributed by atoms with Gasteiger partial charge in [0.2, 0.25) is 0 Å². The normalized spacial score (nSPS) is 23.4. The number of nitrogens with two attached hydrogens (primary N) is 1. The van der Waals surface area contributed by atoms with Crippen LogP contribution in [-0.2, 0) is 0 Å². The van der Waals surface area contributed by atoms with Gasteiger partial charge >= 0.3 is 0 Å². The summed E-state index contributed by atoms with van der Waals surface area (Å²) < 4.78 is 0. The zero-order valence-electron chi connectivity index (χ0n) is 6.73. The molecule has 0 heterocycles. The van der Waals surface area contributed by atoms with Gasteiger partial charge in [-0.1, -0.05) is 12.8 Å².